The molecule has 4 nitrogen and oxygen atoms in total. The van der Waals surface area contributed by atoms with Gasteiger partial charge in [-0.2, -0.15) is 0 Å². The standard InChI is InChI=1S/C26H29N3O/c27-24(20-21-10-4-1-5-11-21)26(30)29-18-16-28(17-19-29)25(22-12-6-2-7-13-22)23-14-8-3-9-15-23/h1-15,24-25H,16-20,27H2. The smallest absolute Gasteiger partial charge is 0.239 e. The van der Waals surface area contributed by atoms with Gasteiger partial charge in [0.15, 0.2) is 0 Å². The van der Waals surface area contributed by atoms with Gasteiger partial charge >= 0.3 is 0 Å². The lowest BCUT2D eigenvalue weighted by molar-refractivity contribution is -0.134. The second kappa shape index (κ2) is 9.70. The molecule has 3 aromatic rings. The Morgan fingerprint density at radius 1 is 0.733 bits per heavy atom. The second-order valence-corrected chi connectivity index (χ2v) is 7.88. The van der Waals surface area contributed by atoms with Crippen molar-refractivity contribution in [1.82, 2.24) is 9.80 Å². The molecule has 0 bridgehead atoms. The maximum Gasteiger partial charge on any atom is 0.239 e. The first kappa shape index (κ1) is 20.3. The van der Waals surface area contributed by atoms with Gasteiger partial charge in [-0.3, -0.25) is 9.69 Å². The Kier molecular flexibility index (Phi) is 6.57. The average Bonchev–Trinajstić information content (AvgIpc) is 2.81. The molecule has 30 heavy (non-hydrogen) atoms. The van der Waals surface area contributed by atoms with Crippen LogP contribution in [-0.4, -0.2) is 47.9 Å². The number of carbonyl (C=O) groups excluding carboxylic acids is 1. The second-order valence-electron chi connectivity index (χ2n) is 7.88. The third kappa shape index (κ3) is 4.78. The lowest BCUT2D eigenvalue weighted by Crippen LogP contribution is -2.54. The number of piperazine rings is 1. The summed E-state index contributed by atoms with van der Waals surface area (Å²) >= 11 is 0. The van der Waals surface area contributed by atoms with E-state index in [1.165, 1.54) is 11.1 Å². The predicted molar refractivity (Wildman–Crippen MR) is 121 cm³/mol. The Hall–Kier alpha value is -2.95. The molecule has 3 aromatic carbocycles. The van der Waals surface area contributed by atoms with Crippen LogP contribution in [0, 0.1) is 0 Å². The molecule has 0 radical (unpaired) electrons. The van der Waals surface area contributed by atoms with Crippen LogP contribution in [0.5, 0.6) is 0 Å². The zero-order valence-corrected chi connectivity index (χ0v) is 17.2. The Morgan fingerprint density at radius 3 is 1.70 bits per heavy atom. The van der Waals surface area contributed by atoms with Gasteiger partial charge in [-0.05, 0) is 23.1 Å². The maximum atomic E-state index is 12.9. The van der Waals surface area contributed by atoms with E-state index in [4.69, 9.17) is 5.73 Å². The molecule has 4 heteroatoms. The van der Waals surface area contributed by atoms with Crippen molar-refractivity contribution >= 4 is 5.91 Å². The van der Waals surface area contributed by atoms with Gasteiger partial charge in [0.1, 0.15) is 0 Å². The molecule has 2 N–H and O–H groups in total. The summed E-state index contributed by atoms with van der Waals surface area (Å²) in [6.45, 7) is 3.07. The number of rotatable bonds is 6. The summed E-state index contributed by atoms with van der Waals surface area (Å²) in [5, 5.41) is 0. The number of nitrogens with zero attached hydrogens (tertiary/aromatic N) is 2. The number of amides is 1. The van der Waals surface area contributed by atoms with Crippen molar-refractivity contribution in [2.75, 3.05) is 26.2 Å². The van der Waals surface area contributed by atoms with Crippen LogP contribution in [0.15, 0.2) is 91.0 Å². The van der Waals surface area contributed by atoms with Gasteiger partial charge in [-0.25, -0.2) is 0 Å². The fraction of sp³-hybridized carbons (Fsp3) is 0.269. The highest BCUT2D eigenvalue weighted by molar-refractivity contribution is 5.82. The van der Waals surface area contributed by atoms with E-state index in [2.05, 4.69) is 65.6 Å². The molecule has 0 aliphatic carbocycles. The van der Waals surface area contributed by atoms with Crippen LogP contribution in [0.2, 0.25) is 0 Å². The molecule has 0 spiro atoms. The van der Waals surface area contributed by atoms with E-state index in [9.17, 15) is 4.79 Å². The maximum absolute atomic E-state index is 12.9. The molecule has 0 saturated carbocycles. The lowest BCUT2D eigenvalue weighted by Gasteiger charge is -2.40. The zero-order chi connectivity index (χ0) is 20.8. The van der Waals surface area contributed by atoms with E-state index >= 15 is 0 Å². The van der Waals surface area contributed by atoms with Crippen LogP contribution >= 0.6 is 0 Å². The van der Waals surface area contributed by atoms with Gasteiger partial charge in [-0.15, -0.1) is 0 Å². The minimum Gasteiger partial charge on any atom is -0.339 e. The summed E-state index contributed by atoms with van der Waals surface area (Å²) < 4.78 is 0. The van der Waals surface area contributed by atoms with E-state index < -0.39 is 6.04 Å². The third-order valence-electron chi connectivity index (χ3n) is 5.84. The number of carbonyl (C=O) groups is 1. The molecule has 0 aromatic heterocycles. The Labute approximate surface area is 178 Å². The highest BCUT2D eigenvalue weighted by atomic mass is 16.2. The topological polar surface area (TPSA) is 49.6 Å². The molecule has 1 unspecified atom stereocenters. The highest BCUT2D eigenvalue weighted by Gasteiger charge is 2.29. The van der Waals surface area contributed by atoms with Crippen molar-refractivity contribution in [3.05, 3.63) is 108 Å². The molecule has 1 fully saturated rings. The van der Waals surface area contributed by atoms with Crippen LogP contribution in [0.3, 0.4) is 0 Å². The lowest BCUT2D eigenvalue weighted by atomic mass is 9.96. The van der Waals surface area contributed by atoms with E-state index in [0.29, 0.717) is 19.5 Å². The Morgan fingerprint density at radius 2 is 1.20 bits per heavy atom. The fourth-order valence-electron chi connectivity index (χ4n) is 4.28. The first-order valence-corrected chi connectivity index (χ1v) is 10.6. The summed E-state index contributed by atoms with van der Waals surface area (Å²) in [6.07, 6.45) is 0.580. The van der Waals surface area contributed by atoms with Gasteiger partial charge in [0.25, 0.3) is 0 Å². The van der Waals surface area contributed by atoms with Crippen molar-refractivity contribution in [3.63, 3.8) is 0 Å². The molecule has 154 valence electrons. The quantitative estimate of drug-likeness (QED) is 0.690. The van der Waals surface area contributed by atoms with Gasteiger partial charge in [0.05, 0.1) is 12.1 Å². The number of hydrogen-bond acceptors (Lipinski definition) is 3. The van der Waals surface area contributed by atoms with Gasteiger partial charge < -0.3 is 10.6 Å². The summed E-state index contributed by atoms with van der Waals surface area (Å²) in [7, 11) is 0. The van der Waals surface area contributed by atoms with Crippen LogP contribution in [0.25, 0.3) is 0 Å². The minimum absolute atomic E-state index is 0.0504. The van der Waals surface area contributed by atoms with Crippen molar-refractivity contribution in [2.45, 2.75) is 18.5 Å². The van der Waals surface area contributed by atoms with E-state index in [0.717, 1.165) is 18.7 Å². The molecule has 1 amide bonds. The normalized spacial score (nSPS) is 15.9. The summed E-state index contributed by atoms with van der Waals surface area (Å²) in [5.41, 5.74) is 9.92. The Bertz CT molecular complexity index is 883. The monoisotopic (exact) mass is 399 g/mol. The molecule has 1 atom stereocenters. The van der Waals surface area contributed by atoms with Crippen molar-refractivity contribution in [1.29, 1.82) is 0 Å². The molecule has 1 aliphatic heterocycles. The van der Waals surface area contributed by atoms with Crippen molar-refractivity contribution in [2.24, 2.45) is 5.73 Å². The zero-order valence-electron chi connectivity index (χ0n) is 17.2. The molecular formula is C26H29N3O. The summed E-state index contributed by atoms with van der Waals surface area (Å²) in [4.78, 5) is 17.3. The van der Waals surface area contributed by atoms with Gasteiger partial charge in [0, 0.05) is 26.2 Å². The Balaban J connectivity index is 1.42. The van der Waals surface area contributed by atoms with E-state index in [1.54, 1.807) is 0 Å². The molecular weight excluding hydrogens is 370 g/mol. The van der Waals surface area contributed by atoms with E-state index in [-0.39, 0.29) is 11.9 Å². The highest BCUT2D eigenvalue weighted by Crippen LogP contribution is 2.29. The van der Waals surface area contributed by atoms with E-state index in [1.807, 2.05) is 35.2 Å². The van der Waals surface area contributed by atoms with Crippen LogP contribution in [-0.2, 0) is 11.2 Å². The number of nitrogens with two attached hydrogens (primary N) is 1. The first-order chi connectivity index (χ1) is 14.7. The summed E-state index contributed by atoms with van der Waals surface area (Å²) in [5.74, 6) is 0.0504. The number of benzene rings is 3. The third-order valence-corrected chi connectivity index (χ3v) is 5.84. The SMILES string of the molecule is NC(Cc1ccccc1)C(=O)N1CCN(C(c2ccccc2)c2ccccc2)CC1. The number of hydrogen-bond donors (Lipinski definition) is 1. The van der Waals surface area contributed by atoms with Crippen molar-refractivity contribution < 1.29 is 4.79 Å². The molecule has 1 heterocycles. The predicted octanol–water partition coefficient (Wildman–Crippen LogP) is 3.49. The average molecular weight is 400 g/mol. The minimum atomic E-state index is -0.488. The van der Waals surface area contributed by atoms with Crippen molar-refractivity contribution in [3.8, 4) is 0 Å². The fourth-order valence-corrected chi connectivity index (χ4v) is 4.28. The first-order valence-electron chi connectivity index (χ1n) is 10.6. The summed E-state index contributed by atoms with van der Waals surface area (Å²) in [6, 6.07) is 30.9. The molecule has 4 rings (SSSR count). The van der Waals surface area contributed by atoms with Crippen LogP contribution in [0.1, 0.15) is 22.7 Å². The van der Waals surface area contributed by atoms with Crippen LogP contribution in [0.4, 0.5) is 0 Å². The molecule has 1 aliphatic rings. The van der Waals surface area contributed by atoms with Crippen LogP contribution < -0.4 is 5.73 Å². The van der Waals surface area contributed by atoms with Gasteiger partial charge in [0.2, 0.25) is 5.91 Å². The largest absolute Gasteiger partial charge is 0.339 e. The molecule has 1 saturated heterocycles. The van der Waals surface area contributed by atoms with Gasteiger partial charge in [-0.1, -0.05) is 91.0 Å².